The number of aryl methyl sites for hydroxylation is 2. The molecule has 2 aromatic heterocycles. The normalized spacial score (nSPS) is 14.9. The number of amides is 1. The molecule has 0 atom stereocenters. The van der Waals surface area contributed by atoms with Gasteiger partial charge in [0.1, 0.15) is 6.54 Å². The first-order valence-electron chi connectivity index (χ1n) is 10.7. The Balaban J connectivity index is 1.42. The Labute approximate surface area is 178 Å². The van der Waals surface area contributed by atoms with E-state index in [2.05, 4.69) is 55.3 Å². The first-order chi connectivity index (χ1) is 14.4. The first-order valence-corrected chi connectivity index (χ1v) is 10.7. The van der Waals surface area contributed by atoms with Crippen LogP contribution in [-0.4, -0.2) is 38.7 Å². The van der Waals surface area contributed by atoms with Crippen LogP contribution in [0.4, 0.5) is 0 Å². The van der Waals surface area contributed by atoms with Gasteiger partial charge in [-0.2, -0.15) is 5.10 Å². The Hall–Kier alpha value is -2.95. The van der Waals surface area contributed by atoms with Gasteiger partial charge in [-0.1, -0.05) is 30.3 Å². The van der Waals surface area contributed by atoms with Crippen molar-refractivity contribution >= 4 is 5.91 Å². The van der Waals surface area contributed by atoms with E-state index in [1.165, 1.54) is 16.7 Å². The molecule has 0 saturated carbocycles. The second-order valence-electron chi connectivity index (χ2n) is 8.40. The number of piperidine rings is 1. The van der Waals surface area contributed by atoms with Crippen molar-refractivity contribution in [2.45, 2.75) is 53.0 Å². The highest BCUT2D eigenvalue weighted by molar-refractivity contribution is 5.76. The van der Waals surface area contributed by atoms with Crippen molar-refractivity contribution in [1.29, 1.82) is 0 Å². The number of carbonyl (C=O) groups is 1. The van der Waals surface area contributed by atoms with Crippen LogP contribution in [0.5, 0.6) is 0 Å². The Bertz CT molecular complexity index is 1050. The summed E-state index contributed by atoms with van der Waals surface area (Å²) in [6, 6.07) is 14.8. The van der Waals surface area contributed by atoms with Crippen LogP contribution in [0.1, 0.15) is 47.1 Å². The zero-order chi connectivity index (χ0) is 21.3. The number of likely N-dealkylation sites (tertiary alicyclic amines) is 1. The van der Waals surface area contributed by atoms with E-state index in [0.717, 1.165) is 48.7 Å². The van der Waals surface area contributed by atoms with Gasteiger partial charge in [0.25, 0.3) is 0 Å². The van der Waals surface area contributed by atoms with Gasteiger partial charge in [0.05, 0.1) is 5.69 Å². The average Bonchev–Trinajstić information content (AvgIpc) is 3.00. The highest BCUT2D eigenvalue weighted by Crippen LogP contribution is 2.30. The SMILES string of the molecule is Cc1cc(-c2ccccc2)cc(C2CCN(C(=O)Cn3nc(C)c(C)c3C)CC2)n1. The fourth-order valence-corrected chi connectivity index (χ4v) is 4.29. The van der Waals surface area contributed by atoms with Crippen LogP contribution in [0.3, 0.4) is 0 Å². The summed E-state index contributed by atoms with van der Waals surface area (Å²) >= 11 is 0. The number of benzene rings is 1. The lowest BCUT2D eigenvalue weighted by atomic mass is 9.91. The van der Waals surface area contributed by atoms with Gasteiger partial charge in [0.15, 0.2) is 0 Å². The van der Waals surface area contributed by atoms with Gasteiger partial charge in [0.2, 0.25) is 5.91 Å². The third-order valence-corrected chi connectivity index (χ3v) is 6.37. The Morgan fingerprint density at radius 1 is 1.00 bits per heavy atom. The Kier molecular flexibility index (Phi) is 5.71. The molecule has 3 heterocycles. The van der Waals surface area contributed by atoms with E-state index in [4.69, 9.17) is 4.98 Å². The fourth-order valence-electron chi connectivity index (χ4n) is 4.29. The van der Waals surface area contributed by atoms with Crippen molar-refractivity contribution in [3.8, 4) is 11.1 Å². The summed E-state index contributed by atoms with van der Waals surface area (Å²) in [4.78, 5) is 19.6. The molecule has 0 aliphatic carbocycles. The van der Waals surface area contributed by atoms with Crippen LogP contribution in [0.2, 0.25) is 0 Å². The maximum absolute atomic E-state index is 12.8. The molecule has 0 spiro atoms. The van der Waals surface area contributed by atoms with E-state index in [9.17, 15) is 4.79 Å². The summed E-state index contributed by atoms with van der Waals surface area (Å²) in [6.45, 7) is 10.0. The third-order valence-electron chi connectivity index (χ3n) is 6.37. The molecule has 1 saturated heterocycles. The van der Waals surface area contributed by atoms with E-state index in [1.54, 1.807) is 0 Å². The number of aromatic nitrogens is 3. The molecule has 0 radical (unpaired) electrons. The van der Waals surface area contributed by atoms with Crippen LogP contribution >= 0.6 is 0 Å². The average molecular weight is 403 g/mol. The summed E-state index contributed by atoms with van der Waals surface area (Å²) < 4.78 is 1.84. The molecule has 156 valence electrons. The molecule has 3 aromatic rings. The molecule has 1 amide bonds. The minimum absolute atomic E-state index is 0.154. The largest absolute Gasteiger partial charge is 0.341 e. The second-order valence-corrected chi connectivity index (χ2v) is 8.40. The Morgan fingerprint density at radius 3 is 2.33 bits per heavy atom. The molecule has 1 aliphatic heterocycles. The quantitative estimate of drug-likeness (QED) is 0.642. The number of pyridine rings is 1. The molecule has 1 aliphatic rings. The zero-order valence-corrected chi connectivity index (χ0v) is 18.4. The molecule has 30 heavy (non-hydrogen) atoms. The van der Waals surface area contributed by atoms with E-state index in [1.807, 2.05) is 29.5 Å². The predicted molar refractivity (Wildman–Crippen MR) is 119 cm³/mol. The van der Waals surface area contributed by atoms with Crippen molar-refractivity contribution < 1.29 is 4.79 Å². The zero-order valence-electron chi connectivity index (χ0n) is 18.4. The lowest BCUT2D eigenvalue weighted by Crippen LogP contribution is -2.40. The van der Waals surface area contributed by atoms with E-state index in [0.29, 0.717) is 12.5 Å². The monoisotopic (exact) mass is 402 g/mol. The summed E-state index contributed by atoms with van der Waals surface area (Å²) in [5.74, 6) is 0.550. The van der Waals surface area contributed by atoms with Crippen molar-refractivity contribution in [1.82, 2.24) is 19.7 Å². The van der Waals surface area contributed by atoms with Crippen molar-refractivity contribution in [2.75, 3.05) is 13.1 Å². The molecule has 1 aromatic carbocycles. The standard InChI is InChI=1S/C25H30N4O/c1-17-14-23(21-8-6-5-7-9-21)15-24(26-17)22-10-12-28(13-11-22)25(30)16-29-20(4)18(2)19(3)27-29/h5-9,14-15,22H,10-13,16H2,1-4H3. The summed E-state index contributed by atoms with van der Waals surface area (Å²) in [6.07, 6.45) is 1.90. The molecule has 0 bridgehead atoms. The van der Waals surface area contributed by atoms with Gasteiger partial charge in [-0.25, -0.2) is 0 Å². The molecule has 5 heteroatoms. The number of hydrogen-bond donors (Lipinski definition) is 0. The number of carbonyl (C=O) groups excluding carboxylic acids is 1. The predicted octanol–water partition coefficient (Wildman–Crippen LogP) is 4.58. The van der Waals surface area contributed by atoms with Crippen LogP contribution in [0.15, 0.2) is 42.5 Å². The van der Waals surface area contributed by atoms with E-state index in [-0.39, 0.29) is 5.91 Å². The summed E-state index contributed by atoms with van der Waals surface area (Å²) in [5.41, 5.74) is 7.88. The van der Waals surface area contributed by atoms with Gasteiger partial charge < -0.3 is 4.90 Å². The topological polar surface area (TPSA) is 51.0 Å². The van der Waals surface area contributed by atoms with Crippen LogP contribution in [0.25, 0.3) is 11.1 Å². The minimum atomic E-state index is 0.154. The molecule has 5 nitrogen and oxygen atoms in total. The third kappa shape index (κ3) is 4.16. The lowest BCUT2D eigenvalue weighted by Gasteiger charge is -2.32. The fraction of sp³-hybridized carbons (Fsp3) is 0.400. The van der Waals surface area contributed by atoms with Gasteiger partial charge in [-0.15, -0.1) is 0 Å². The lowest BCUT2D eigenvalue weighted by molar-refractivity contribution is -0.133. The maximum Gasteiger partial charge on any atom is 0.244 e. The number of rotatable bonds is 4. The van der Waals surface area contributed by atoms with Gasteiger partial charge in [-0.05, 0) is 69.4 Å². The molecular weight excluding hydrogens is 372 g/mol. The van der Waals surface area contributed by atoms with Gasteiger partial charge >= 0.3 is 0 Å². The molecule has 4 rings (SSSR count). The summed E-state index contributed by atoms with van der Waals surface area (Å²) in [5, 5.41) is 4.51. The van der Waals surface area contributed by atoms with E-state index >= 15 is 0 Å². The first kappa shape index (κ1) is 20.3. The van der Waals surface area contributed by atoms with Crippen LogP contribution < -0.4 is 0 Å². The van der Waals surface area contributed by atoms with Crippen LogP contribution in [0, 0.1) is 27.7 Å². The summed E-state index contributed by atoms with van der Waals surface area (Å²) in [7, 11) is 0. The maximum atomic E-state index is 12.8. The molecule has 1 fully saturated rings. The van der Waals surface area contributed by atoms with Gasteiger partial charge in [0, 0.05) is 36.1 Å². The van der Waals surface area contributed by atoms with Crippen molar-refractivity contribution in [3.63, 3.8) is 0 Å². The van der Waals surface area contributed by atoms with Crippen molar-refractivity contribution in [3.05, 3.63) is 70.8 Å². The minimum Gasteiger partial charge on any atom is -0.341 e. The Morgan fingerprint density at radius 2 is 1.70 bits per heavy atom. The smallest absolute Gasteiger partial charge is 0.244 e. The highest BCUT2D eigenvalue weighted by atomic mass is 16.2. The molecule has 0 unspecified atom stereocenters. The van der Waals surface area contributed by atoms with Gasteiger partial charge in [-0.3, -0.25) is 14.5 Å². The molecule has 0 N–H and O–H groups in total. The van der Waals surface area contributed by atoms with Crippen molar-refractivity contribution in [2.24, 2.45) is 0 Å². The number of nitrogens with zero attached hydrogens (tertiary/aromatic N) is 4. The second kappa shape index (κ2) is 8.42. The highest BCUT2D eigenvalue weighted by Gasteiger charge is 2.26. The molecular formula is C25H30N4O. The van der Waals surface area contributed by atoms with E-state index < -0.39 is 0 Å². The van der Waals surface area contributed by atoms with Crippen LogP contribution in [-0.2, 0) is 11.3 Å². The number of hydrogen-bond acceptors (Lipinski definition) is 3.